The van der Waals surface area contributed by atoms with Crippen LogP contribution < -0.4 is 10.1 Å². The van der Waals surface area contributed by atoms with E-state index in [1.165, 1.54) is 5.56 Å². The van der Waals surface area contributed by atoms with Crippen molar-refractivity contribution in [2.75, 3.05) is 13.2 Å². The van der Waals surface area contributed by atoms with Gasteiger partial charge in [-0.05, 0) is 38.5 Å². The number of nitrogens with zero attached hydrogens (tertiary/aromatic N) is 1. The highest BCUT2D eigenvalue weighted by molar-refractivity contribution is 5.28. The third-order valence-electron chi connectivity index (χ3n) is 2.64. The predicted octanol–water partition coefficient (Wildman–Crippen LogP) is 2.90. The lowest BCUT2D eigenvalue weighted by Crippen LogP contribution is -2.23. The molecular formula is C14H20N2O. The zero-order chi connectivity index (χ0) is 12.7. The Morgan fingerprint density at radius 2 is 1.94 bits per heavy atom. The normalized spacial score (nSPS) is 13.8. The summed E-state index contributed by atoms with van der Waals surface area (Å²) in [6.45, 7) is 7.39. The Morgan fingerprint density at radius 3 is 2.47 bits per heavy atom. The molecule has 3 nitrogen and oxygen atoms in total. The minimum absolute atomic E-state index is 0.0418. The molecule has 2 unspecified atom stereocenters. The summed E-state index contributed by atoms with van der Waals surface area (Å²) < 4.78 is 5.39. The summed E-state index contributed by atoms with van der Waals surface area (Å²) in [5.41, 5.74) is 1.21. The fourth-order valence-electron chi connectivity index (χ4n) is 1.54. The molecule has 0 fully saturated rings. The molecule has 0 amide bonds. The average molecular weight is 232 g/mol. The molecule has 0 radical (unpaired) electrons. The van der Waals surface area contributed by atoms with Crippen molar-refractivity contribution in [3.8, 4) is 11.8 Å². The molecule has 0 heterocycles. The van der Waals surface area contributed by atoms with Gasteiger partial charge in [-0.15, -0.1) is 0 Å². The smallest absolute Gasteiger partial charge is 0.119 e. The summed E-state index contributed by atoms with van der Waals surface area (Å²) in [4.78, 5) is 0. The van der Waals surface area contributed by atoms with Gasteiger partial charge in [-0.2, -0.15) is 5.26 Å². The van der Waals surface area contributed by atoms with Crippen LogP contribution in [0.2, 0.25) is 0 Å². The fourth-order valence-corrected chi connectivity index (χ4v) is 1.54. The first kappa shape index (κ1) is 13.5. The largest absolute Gasteiger partial charge is 0.494 e. The monoisotopic (exact) mass is 232 g/mol. The van der Waals surface area contributed by atoms with E-state index in [1.54, 1.807) is 0 Å². The zero-order valence-electron chi connectivity index (χ0n) is 10.7. The lowest BCUT2D eigenvalue weighted by atomic mass is 10.1. The summed E-state index contributed by atoms with van der Waals surface area (Å²) >= 11 is 0. The summed E-state index contributed by atoms with van der Waals surface area (Å²) in [7, 11) is 0. The van der Waals surface area contributed by atoms with Crippen molar-refractivity contribution in [1.82, 2.24) is 5.32 Å². The van der Waals surface area contributed by atoms with E-state index in [0.29, 0.717) is 13.2 Å². The molecule has 1 aromatic rings. The Labute approximate surface area is 103 Å². The van der Waals surface area contributed by atoms with E-state index in [9.17, 15) is 0 Å². The number of rotatable bonds is 6. The maximum atomic E-state index is 8.71. The van der Waals surface area contributed by atoms with Gasteiger partial charge in [0.2, 0.25) is 0 Å². The topological polar surface area (TPSA) is 45.0 Å². The summed E-state index contributed by atoms with van der Waals surface area (Å²) in [5.74, 6) is 0.939. The van der Waals surface area contributed by atoms with Crippen LogP contribution in [0.4, 0.5) is 0 Å². The molecule has 1 rings (SSSR count). The first-order chi connectivity index (χ1) is 8.17. The minimum atomic E-state index is 0.0418. The third-order valence-corrected chi connectivity index (χ3v) is 2.64. The van der Waals surface area contributed by atoms with Gasteiger partial charge in [-0.1, -0.05) is 12.1 Å². The maximum absolute atomic E-state index is 8.71. The molecule has 1 aromatic carbocycles. The molecule has 0 saturated carbocycles. The number of nitriles is 1. The van der Waals surface area contributed by atoms with Crippen LogP contribution in [-0.2, 0) is 0 Å². The van der Waals surface area contributed by atoms with Crippen molar-refractivity contribution < 1.29 is 4.74 Å². The van der Waals surface area contributed by atoms with Crippen LogP contribution in [-0.4, -0.2) is 13.2 Å². The molecular weight excluding hydrogens is 212 g/mol. The number of benzene rings is 1. The molecule has 0 aliphatic rings. The van der Waals surface area contributed by atoms with Crippen molar-refractivity contribution in [2.24, 2.45) is 5.92 Å². The van der Waals surface area contributed by atoms with Gasteiger partial charge in [0.25, 0.3) is 0 Å². The number of nitrogens with one attached hydrogen (secondary N) is 1. The van der Waals surface area contributed by atoms with Crippen LogP contribution in [0, 0.1) is 17.2 Å². The molecule has 3 heteroatoms. The Hall–Kier alpha value is -1.53. The van der Waals surface area contributed by atoms with Crippen molar-refractivity contribution in [1.29, 1.82) is 5.26 Å². The quantitative estimate of drug-likeness (QED) is 0.820. The van der Waals surface area contributed by atoms with E-state index in [1.807, 2.05) is 26.0 Å². The molecule has 2 atom stereocenters. The summed E-state index contributed by atoms with van der Waals surface area (Å²) in [6, 6.07) is 10.5. The van der Waals surface area contributed by atoms with E-state index in [0.717, 1.165) is 5.75 Å². The van der Waals surface area contributed by atoms with Crippen LogP contribution in [0.3, 0.4) is 0 Å². The Morgan fingerprint density at radius 1 is 1.29 bits per heavy atom. The Kier molecular flexibility index (Phi) is 5.51. The van der Waals surface area contributed by atoms with Gasteiger partial charge < -0.3 is 10.1 Å². The molecule has 0 aliphatic heterocycles. The third kappa shape index (κ3) is 4.46. The van der Waals surface area contributed by atoms with Gasteiger partial charge >= 0.3 is 0 Å². The first-order valence-corrected chi connectivity index (χ1v) is 6.03. The molecule has 92 valence electrons. The Balaban J connectivity index is 2.52. The molecule has 0 bridgehead atoms. The predicted molar refractivity (Wildman–Crippen MR) is 68.8 cm³/mol. The highest BCUT2D eigenvalue weighted by Gasteiger charge is 2.06. The number of ether oxygens (including phenoxy) is 1. The van der Waals surface area contributed by atoms with Gasteiger partial charge in [-0.3, -0.25) is 0 Å². The Bertz CT molecular complexity index is 367. The van der Waals surface area contributed by atoms with Crippen LogP contribution in [0.1, 0.15) is 32.4 Å². The lowest BCUT2D eigenvalue weighted by Gasteiger charge is -2.15. The van der Waals surface area contributed by atoms with Gasteiger partial charge in [0.05, 0.1) is 18.6 Å². The highest BCUT2D eigenvalue weighted by Crippen LogP contribution is 2.17. The molecule has 1 N–H and O–H groups in total. The number of hydrogen-bond donors (Lipinski definition) is 1. The molecule has 0 saturated heterocycles. The van der Waals surface area contributed by atoms with Crippen molar-refractivity contribution in [3.63, 3.8) is 0 Å². The molecule has 17 heavy (non-hydrogen) atoms. The van der Waals surface area contributed by atoms with Gasteiger partial charge in [0, 0.05) is 12.6 Å². The summed E-state index contributed by atoms with van der Waals surface area (Å²) in [6.07, 6.45) is 0. The van der Waals surface area contributed by atoms with Crippen LogP contribution in [0.15, 0.2) is 24.3 Å². The van der Waals surface area contributed by atoms with Gasteiger partial charge in [-0.25, -0.2) is 0 Å². The van der Waals surface area contributed by atoms with Crippen LogP contribution in [0.5, 0.6) is 5.75 Å². The van der Waals surface area contributed by atoms with Crippen LogP contribution >= 0.6 is 0 Å². The van der Waals surface area contributed by atoms with E-state index in [-0.39, 0.29) is 12.0 Å². The fraction of sp³-hybridized carbons (Fsp3) is 0.500. The maximum Gasteiger partial charge on any atom is 0.119 e. The highest BCUT2D eigenvalue weighted by atomic mass is 16.5. The average Bonchev–Trinajstić information content (AvgIpc) is 2.36. The van der Waals surface area contributed by atoms with Crippen molar-refractivity contribution in [2.45, 2.75) is 26.8 Å². The SMILES string of the molecule is CCOc1ccc(C(C)NCC(C)C#N)cc1. The second kappa shape index (κ2) is 6.93. The standard InChI is InChI=1S/C14H20N2O/c1-4-17-14-7-5-13(6-8-14)12(3)16-10-11(2)9-15/h5-8,11-12,16H,4,10H2,1-3H3. The minimum Gasteiger partial charge on any atom is -0.494 e. The van der Waals surface area contributed by atoms with E-state index >= 15 is 0 Å². The lowest BCUT2D eigenvalue weighted by molar-refractivity contribution is 0.340. The molecule has 0 aliphatic carbocycles. The zero-order valence-corrected chi connectivity index (χ0v) is 10.7. The molecule has 0 spiro atoms. The van der Waals surface area contributed by atoms with E-state index in [2.05, 4.69) is 30.4 Å². The van der Waals surface area contributed by atoms with Crippen molar-refractivity contribution >= 4 is 0 Å². The summed E-state index contributed by atoms with van der Waals surface area (Å²) in [5, 5.41) is 12.0. The number of hydrogen-bond acceptors (Lipinski definition) is 3. The van der Waals surface area contributed by atoms with Gasteiger partial charge in [0.15, 0.2) is 0 Å². The van der Waals surface area contributed by atoms with Crippen LogP contribution in [0.25, 0.3) is 0 Å². The van der Waals surface area contributed by atoms with E-state index in [4.69, 9.17) is 10.00 Å². The molecule has 0 aromatic heterocycles. The van der Waals surface area contributed by atoms with E-state index < -0.39 is 0 Å². The van der Waals surface area contributed by atoms with Gasteiger partial charge in [0.1, 0.15) is 5.75 Å². The second-order valence-corrected chi connectivity index (χ2v) is 4.16. The first-order valence-electron chi connectivity index (χ1n) is 6.03. The van der Waals surface area contributed by atoms with Crippen molar-refractivity contribution in [3.05, 3.63) is 29.8 Å². The second-order valence-electron chi connectivity index (χ2n) is 4.16.